The summed E-state index contributed by atoms with van der Waals surface area (Å²) in [4.78, 5) is 2.08. The molecule has 2 unspecified atom stereocenters. The first-order valence-electron chi connectivity index (χ1n) is 8.08. The zero-order chi connectivity index (χ0) is 17.2. The lowest BCUT2D eigenvalue weighted by atomic mass is 10.1. The van der Waals surface area contributed by atoms with Gasteiger partial charge in [0.25, 0.3) is 0 Å². The van der Waals surface area contributed by atoms with Gasteiger partial charge in [0.05, 0.1) is 19.3 Å². The molecule has 0 aromatic heterocycles. The summed E-state index contributed by atoms with van der Waals surface area (Å²) in [5, 5.41) is 0.661. The second-order valence-electron chi connectivity index (χ2n) is 5.53. The van der Waals surface area contributed by atoms with Crippen LogP contribution in [0, 0.1) is 0 Å². The SMILES string of the molecule is CCOP(=O)(OCC)C1C(c2cccc(Cl)c2)N1c1ccccc1. The number of nitrogens with zero attached hydrogens (tertiary/aromatic N) is 1. The summed E-state index contributed by atoms with van der Waals surface area (Å²) in [5.74, 6) is -0.335. The van der Waals surface area contributed by atoms with Crippen molar-refractivity contribution in [3.05, 3.63) is 65.2 Å². The van der Waals surface area contributed by atoms with Gasteiger partial charge in [0.15, 0.2) is 5.78 Å². The molecule has 1 fully saturated rings. The molecule has 4 nitrogen and oxygen atoms in total. The monoisotopic (exact) mass is 365 g/mol. The number of hydrogen-bond donors (Lipinski definition) is 0. The highest BCUT2D eigenvalue weighted by atomic mass is 35.5. The minimum atomic E-state index is -3.26. The summed E-state index contributed by atoms with van der Waals surface area (Å²) in [6.45, 7) is 4.35. The lowest BCUT2D eigenvalue weighted by Crippen LogP contribution is -2.06. The number of anilines is 1. The number of halogens is 1. The standard InChI is InChI=1S/C18H21ClNO3P/c1-3-22-24(21,23-4-2)18-17(14-9-8-10-15(19)13-14)20(18)16-11-6-5-7-12-16/h5-13,17-18H,3-4H2,1-2H3. The average molecular weight is 366 g/mol. The number of hydrogen-bond acceptors (Lipinski definition) is 4. The fourth-order valence-electron chi connectivity index (χ4n) is 3.03. The van der Waals surface area contributed by atoms with Crippen molar-refractivity contribution in [3.8, 4) is 0 Å². The minimum Gasteiger partial charge on any atom is -0.345 e. The number of rotatable bonds is 7. The van der Waals surface area contributed by atoms with E-state index in [0.717, 1.165) is 11.3 Å². The van der Waals surface area contributed by atoms with E-state index in [4.69, 9.17) is 20.6 Å². The Bertz CT molecular complexity index is 730. The molecule has 2 aromatic carbocycles. The van der Waals surface area contributed by atoms with Crippen molar-refractivity contribution in [2.45, 2.75) is 25.7 Å². The van der Waals surface area contributed by atoms with Gasteiger partial charge in [0, 0.05) is 10.7 Å². The van der Waals surface area contributed by atoms with Crippen LogP contribution in [0.2, 0.25) is 5.02 Å². The highest BCUT2D eigenvalue weighted by Gasteiger charge is 2.61. The van der Waals surface area contributed by atoms with Gasteiger partial charge in [0.2, 0.25) is 0 Å². The quantitative estimate of drug-likeness (QED) is 0.480. The zero-order valence-electron chi connectivity index (χ0n) is 13.8. The Morgan fingerprint density at radius 2 is 1.71 bits per heavy atom. The third-order valence-electron chi connectivity index (χ3n) is 3.96. The van der Waals surface area contributed by atoms with Gasteiger partial charge in [-0.2, -0.15) is 0 Å². The van der Waals surface area contributed by atoms with Crippen LogP contribution in [0.1, 0.15) is 25.5 Å². The summed E-state index contributed by atoms with van der Waals surface area (Å²) in [6, 6.07) is 17.5. The highest BCUT2D eigenvalue weighted by Crippen LogP contribution is 2.68. The van der Waals surface area contributed by atoms with Gasteiger partial charge < -0.3 is 13.9 Å². The molecule has 2 aromatic rings. The summed E-state index contributed by atoms with van der Waals surface area (Å²) in [5.41, 5.74) is 2.00. The van der Waals surface area contributed by atoms with Gasteiger partial charge in [-0.15, -0.1) is 0 Å². The highest BCUT2D eigenvalue weighted by molar-refractivity contribution is 7.55. The molecular formula is C18H21ClNO3P. The van der Waals surface area contributed by atoms with Crippen molar-refractivity contribution in [1.29, 1.82) is 0 Å². The molecule has 0 radical (unpaired) electrons. The van der Waals surface area contributed by atoms with Gasteiger partial charge in [-0.05, 0) is 43.7 Å². The predicted octanol–water partition coefficient (Wildman–Crippen LogP) is 5.49. The van der Waals surface area contributed by atoms with Crippen molar-refractivity contribution in [1.82, 2.24) is 0 Å². The second kappa shape index (κ2) is 7.28. The van der Waals surface area contributed by atoms with Crippen molar-refractivity contribution in [3.63, 3.8) is 0 Å². The molecule has 1 saturated heterocycles. The molecule has 0 saturated carbocycles. The fraction of sp³-hybridized carbons (Fsp3) is 0.333. The number of para-hydroxylation sites is 1. The van der Waals surface area contributed by atoms with Gasteiger partial charge in [-0.25, -0.2) is 0 Å². The Kier molecular flexibility index (Phi) is 5.31. The smallest absolute Gasteiger partial charge is 0.345 e. The molecule has 128 valence electrons. The van der Waals surface area contributed by atoms with E-state index in [0.29, 0.717) is 18.2 Å². The first-order chi connectivity index (χ1) is 11.6. The van der Waals surface area contributed by atoms with E-state index in [9.17, 15) is 4.57 Å². The Labute approximate surface area is 147 Å². The Balaban J connectivity index is 1.99. The van der Waals surface area contributed by atoms with Crippen molar-refractivity contribution in [2.75, 3.05) is 18.1 Å². The topological polar surface area (TPSA) is 38.5 Å². The van der Waals surface area contributed by atoms with Crippen LogP contribution < -0.4 is 4.90 Å². The van der Waals surface area contributed by atoms with Crippen LogP contribution in [-0.4, -0.2) is 19.0 Å². The minimum absolute atomic E-state index is 0.0740. The maximum absolute atomic E-state index is 13.3. The molecule has 24 heavy (non-hydrogen) atoms. The normalized spacial score (nSPS) is 20.2. The van der Waals surface area contributed by atoms with Gasteiger partial charge in [-0.1, -0.05) is 41.9 Å². The molecule has 0 N–H and O–H groups in total. The van der Waals surface area contributed by atoms with Crippen molar-refractivity contribution in [2.24, 2.45) is 0 Å². The second-order valence-corrected chi connectivity index (χ2v) is 8.09. The molecule has 3 rings (SSSR count). The Morgan fingerprint density at radius 1 is 1.04 bits per heavy atom. The van der Waals surface area contributed by atoms with E-state index < -0.39 is 7.60 Å². The third-order valence-corrected chi connectivity index (χ3v) is 6.61. The third kappa shape index (κ3) is 3.38. The van der Waals surface area contributed by atoms with Crippen LogP contribution in [0.15, 0.2) is 54.6 Å². The fourth-order valence-corrected chi connectivity index (χ4v) is 5.50. The van der Waals surface area contributed by atoms with Gasteiger partial charge >= 0.3 is 7.60 Å². The van der Waals surface area contributed by atoms with Crippen LogP contribution in [-0.2, 0) is 13.6 Å². The van der Waals surface area contributed by atoms with Crippen LogP contribution >= 0.6 is 19.2 Å². The summed E-state index contributed by atoms with van der Waals surface area (Å²) < 4.78 is 24.5. The van der Waals surface area contributed by atoms with Crippen LogP contribution in [0.4, 0.5) is 5.69 Å². The molecule has 0 bridgehead atoms. The zero-order valence-corrected chi connectivity index (χ0v) is 15.4. The maximum atomic E-state index is 13.3. The molecule has 1 aliphatic rings. The van der Waals surface area contributed by atoms with Crippen LogP contribution in [0.5, 0.6) is 0 Å². The molecular weight excluding hydrogens is 345 g/mol. The lowest BCUT2D eigenvalue weighted by Gasteiger charge is -2.17. The van der Waals surface area contributed by atoms with E-state index >= 15 is 0 Å². The largest absolute Gasteiger partial charge is 0.355 e. The van der Waals surface area contributed by atoms with Crippen molar-refractivity contribution < 1.29 is 13.6 Å². The molecule has 0 aliphatic carbocycles. The first-order valence-corrected chi connectivity index (χ1v) is 10.1. The number of benzene rings is 2. The molecule has 1 aliphatic heterocycles. The van der Waals surface area contributed by atoms with Gasteiger partial charge in [-0.3, -0.25) is 4.57 Å². The van der Waals surface area contributed by atoms with Gasteiger partial charge in [0.1, 0.15) is 0 Å². The van der Waals surface area contributed by atoms with E-state index in [-0.39, 0.29) is 11.8 Å². The van der Waals surface area contributed by atoms with E-state index in [1.165, 1.54) is 0 Å². The molecule has 1 heterocycles. The first kappa shape index (κ1) is 17.5. The van der Waals surface area contributed by atoms with Crippen LogP contribution in [0.25, 0.3) is 0 Å². The summed E-state index contributed by atoms with van der Waals surface area (Å²) in [7, 11) is -3.26. The molecule has 6 heteroatoms. The van der Waals surface area contributed by atoms with Crippen LogP contribution in [0.3, 0.4) is 0 Å². The van der Waals surface area contributed by atoms with E-state index in [2.05, 4.69) is 4.90 Å². The molecule has 0 amide bonds. The average Bonchev–Trinajstić information content (AvgIpc) is 3.33. The van der Waals surface area contributed by atoms with E-state index in [1.54, 1.807) is 0 Å². The summed E-state index contributed by atoms with van der Waals surface area (Å²) in [6.07, 6.45) is 0. The van der Waals surface area contributed by atoms with E-state index in [1.807, 2.05) is 68.4 Å². The molecule has 0 spiro atoms. The lowest BCUT2D eigenvalue weighted by molar-refractivity contribution is 0.218. The summed E-state index contributed by atoms with van der Waals surface area (Å²) >= 11 is 6.14. The maximum Gasteiger partial charge on any atom is 0.355 e. The predicted molar refractivity (Wildman–Crippen MR) is 97.8 cm³/mol. The Hall–Kier alpha value is -1.32. The Morgan fingerprint density at radius 3 is 2.29 bits per heavy atom. The molecule has 2 atom stereocenters. The van der Waals surface area contributed by atoms with Crippen molar-refractivity contribution >= 4 is 24.9 Å².